The predicted octanol–water partition coefficient (Wildman–Crippen LogP) is 4.96. The van der Waals surface area contributed by atoms with Crippen LogP contribution in [0.2, 0.25) is 0 Å². The molecule has 88 valence electrons. The summed E-state index contributed by atoms with van der Waals surface area (Å²) in [6.45, 7) is 8.26. The Kier molecular flexibility index (Phi) is 1.80. The Morgan fingerprint density at radius 2 is 1.65 bits per heavy atom. The largest absolute Gasteiger partial charge is 0.0629 e. The zero-order valence-corrected chi connectivity index (χ0v) is 10.7. The van der Waals surface area contributed by atoms with Crippen molar-refractivity contribution >= 4 is 0 Å². The van der Waals surface area contributed by atoms with E-state index in [0.29, 0.717) is 5.56 Å². The number of aryl methyl sites for hydroxylation is 1. The Hall–Kier alpha value is -1.56. The van der Waals surface area contributed by atoms with Crippen LogP contribution < -0.4 is 0 Å². The summed E-state index contributed by atoms with van der Waals surface area (Å²) < 4.78 is 39.4. The van der Waals surface area contributed by atoms with E-state index in [0.717, 1.165) is 11.1 Å². The molecular formula is C17H20. The first-order chi connectivity index (χ1) is 10.1. The molecule has 0 atom stereocenters. The van der Waals surface area contributed by atoms with Gasteiger partial charge in [0.25, 0.3) is 0 Å². The fourth-order valence-electron chi connectivity index (χ4n) is 1.80. The molecule has 2 aromatic rings. The summed E-state index contributed by atoms with van der Waals surface area (Å²) in [7, 11) is 0. The van der Waals surface area contributed by atoms with Gasteiger partial charge in [-0.2, -0.15) is 0 Å². The highest BCUT2D eigenvalue weighted by molar-refractivity contribution is 5.67. The van der Waals surface area contributed by atoms with E-state index in [9.17, 15) is 0 Å². The highest BCUT2D eigenvalue weighted by Gasteiger charge is 2.14. The van der Waals surface area contributed by atoms with E-state index >= 15 is 0 Å². The van der Waals surface area contributed by atoms with Gasteiger partial charge in [-0.1, -0.05) is 69.2 Å². The van der Waals surface area contributed by atoms with Crippen molar-refractivity contribution in [2.75, 3.05) is 0 Å². The fourth-order valence-corrected chi connectivity index (χ4v) is 1.80. The van der Waals surface area contributed by atoms with Crippen molar-refractivity contribution in [3.63, 3.8) is 0 Å². The molecule has 2 rings (SSSR count). The fraction of sp³-hybridized carbons (Fsp3) is 0.294. The zero-order chi connectivity index (χ0) is 16.8. The third-order valence-electron chi connectivity index (χ3n) is 2.86. The lowest BCUT2D eigenvalue weighted by atomic mass is 9.84. The van der Waals surface area contributed by atoms with Gasteiger partial charge in [-0.05, 0) is 34.6 Å². The number of rotatable bonds is 1. The van der Waals surface area contributed by atoms with Crippen molar-refractivity contribution in [3.8, 4) is 11.1 Å². The van der Waals surface area contributed by atoms with Gasteiger partial charge < -0.3 is 0 Å². The third-order valence-corrected chi connectivity index (χ3v) is 2.86. The summed E-state index contributed by atoms with van der Waals surface area (Å²) in [4.78, 5) is 0. The van der Waals surface area contributed by atoms with Crippen LogP contribution in [0.5, 0.6) is 0 Å². The molecule has 0 bridgehead atoms. The molecule has 0 radical (unpaired) electrons. The lowest BCUT2D eigenvalue weighted by Crippen LogP contribution is -2.11. The zero-order valence-electron chi connectivity index (χ0n) is 15.7. The maximum absolute atomic E-state index is 8.07. The molecule has 0 spiro atoms. The Morgan fingerprint density at radius 1 is 1.00 bits per heavy atom. The van der Waals surface area contributed by atoms with Crippen molar-refractivity contribution in [3.05, 3.63) is 59.5 Å². The smallest absolute Gasteiger partial charge is 0.0622 e. The number of benzene rings is 2. The molecule has 0 saturated carbocycles. The molecule has 0 fully saturated rings. The second-order valence-corrected chi connectivity index (χ2v) is 5.28. The Labute approximate surface area is 111 Å². The standard InChI is InChI=1S/C17H20/c1-13-12-15(17(2,3)4)10-11-16(13)14-8-6-5-7-9-14/h5-12H,1-4H3/i5D,6D,7D,8D,9D. The average molecular weight is 229 g/mol. The Bertz CT molecular complexity index is 713. The highest BCUT2D eigenvalue weighted by Crippen LogP contribution is 2.29. The van der Waals surface area contributed by atoms with Gasteiger partial charge in [0.15, 0.2) is 0 Å². The minimum atomic E-state index is -0.359. The van der Waals surface area contributed by atoms with E-state index in [2.05, 4.69) is 20.8 Å². The summed E-state index contributed by atoms with van der Waals surface area (Å²) in [5.74, 6) is 0. The predicted molar refractivity (Wildman–Crippen MR) is 75.3 cm³/mol. The van der Waals surface area contributed by atoms with Crippen molar-refractivity contribution in [1.29, 1.82) is 0 Å². The summed E-state index contributed by atoms with van der Waals surface area (Å²) in [6.07, 6.45) is 0. The molecule has 0 aliphatic rings. The number of hydrogen-bond acceptors (Lipinski definition) is 0. The van der Waals surface area contributed by atoms with Crippen molar-refractivity contribution in [1.82, 2.24) is 0 Å². The van der Waals surface area contributed by atoms with Gasteiger partial charge in [-0.15, -0.1) is 0 Å². The molecule has 0 amide bonds. The van der Waals surface area contributed by atoms with Gasteiger partial charge in [-0.3, -0.25) is 0 Å². The lowest BCUT2D eigenvalue weighted by Gasteiger charge is -2.20. The molecule has 0 N–H and O–H groups in total. The molecule has 0 saturated heterocycles. The lowest BCUT2D eigenvalue weighted by molar-refractivity contribution is 0.590. The van der Waals surface area contributed by atoms with Crippen molar-refractivity contribution in [2.24, 2.45) is 0 Å². The van der Waals surface area contributed by atoms with E-state index in [-0.39, 0.29) is 41.2 Å². The molecule has 17 heavy (non-hydrogen) atoms. The second-order valence-electron chi connectivity index (χ2n) is 5.28. The first-order valence-electron chi connectivity index (χ1n) is 8.24. The Balaban J connectivity index is 2.74. The van der Waals surface area contributed by atoms with Crippen LogP contribution >= 0.6 is 0 Å². The SMILES string of the molecule is [2H]c1c([2H])c([2H])c(-c2ccc(C(C)(C)C)cc2C)c([2H])c1[2H]. The van der Waals surface area contributed by atoms with Gasteiger partial charge in [-0.25, -0.2) is 0 Å². The normalized spacial score (nSPS) is 15.6. The molecule has 2 aromatic carbocycles. The van der Waals surface area contributed by atoms with Crippen LogP contribution in [0, 0.1) is 6.92 Å². The second kappa shape index (κ2) is 4.37. The Morgan fingerprint density at radius 3 is 2.18 bits per heavy atom. The quantitative estimate of drug-likeness (QED) is 0.648. The van der Waals surface area contributed by atoms with E-state index in [1.54, 1.807) is 0 Å². The monoisotopic (exact) mass is 229 g/mol. The summed E-state index contributed by atoms with van der Waals surface area (Å²) in [5, 5.41) is 0. The van der Waals surface area contributed by atoms with Gasteiger partial charge in [0, 0.05) is 0 Å². The highest BCUT2D eigenvalue weighted by atomic mass is 14.2. The van der Waals surface area contributed by atoms with Gasteiger partial charge in [0.05, 0.1) is 6.85 Å². The van der Waals surface area contributed by atoms with Gasteiger partial charge >= 0.3 is 0 Å². The van der Waals surface area contributed by atoms with Crippen LogP contribution in [0.15, 0.2) is 48.4 Å². The third kappa shape index (κ3) is 2.58. The van der Waals surface area contributed by atoms with E-state index in [1.807, 2.05) is 25.1 Å². The van der Waals surface area contributed by atoms with Gasteiger partial charge in [0.2, 0.25) is 0 Å². The van der Waals surface area contributed by atoms with Crippen LogP contribution in [0.25, 0.3) is 11.1 Å². The topological polar surface area (TPSA) is 0 Å². The molecule has 0 aromatic heterocycles. The van der Waals surface area contributed by atoms with Crippen molar-refractivity contribution < 1.29 is 6.85 Å². The number of hydrogen-bond donors (Lipinski definition) is 0. The maximum atomic E-state index is 8.07. The minimum absolute atomic E-state index is 0.00306. The first kappa shape index (κ1) is 7.00. The molecule has 0 heteroatoms. The molecule has 0 aliphatic heterocycles. The molecule has 0 unspecified atom stereocenters. The van der Waals surface area contributed by atoms with Crippen LogP contribution in [-0.2, 0) is 5.41 Å². The van der Waals surface area contributed by atoms with E-state index < -0.39 is 0 Å². The van der Waals surface area contributed by atoms with Crippen LogP contribution in [0.1, 0.15) is 38.8 Å². The summed E-state index contributed by atoms with van der Waals surface area (Å²) in [6, 6.07) is 4.58. The molecule has 0 heterocycles. The first-order valence-corrected chi connectivity index (χ1v) is 5.74. The van der Waals surface area contributed by atoms with Crippen LogP contribution in [-0.4, -0.2) is 0 Å². The summed E-state index contributed by atoms with van der Waals surface area (Å²) >= 11 is 0. The average Bonchev–Trinajstić information content (AvgIpc) is 2.43. The molecule has 0 nitrogen and oxygen atoms in total. The molecular weight excluding hydrogens is 204 g/mol. The van der Waals surface area contributed by atoms with E-state index in [1.165, 1.54) is 0 Å². The minimum Gasteiger partial charge on any atom is -0.0622 e. The van der Waals surface area contributed by atoms with Crippen LogP contribution in [0.3, 0.4) is 0 Å². The van der Waals surface area contributed by atoms with E-state index in [4.69, 9.17) is 6.85 Å². The van der Waals surface area contributed by atoms with Crippen molar-refractivity contribution in [2.45, 2.75) is 33.1 Å². The maximum Gasteiger partial charge on any atom is 0.0629 e. The molecule has 0 aliphatic carbocycles. The van der Waals surface area contributed by atoms with Gasteiger partial charge in [0.1, 0.15) is 0 Å². The summed E-state index contributed by atoms with van der Waals surface area (Å²) in [5.41, 5.74) is 3.02. The van der Waals surface area contributed by atoms with Crippen LogP contribution in [0.4, 0.5) is 0 Å².